The predicted molar refractivity (Wildman–Crippen MR) is 109 cm³/mol. The first kappa shape index (κ1) is 22.2. The van der Waals surface area contributed by atoms with Crippen LogP contribution in [-0.2, 0) is 24.9 Å². The summed E-state index contributed by atoms with van der Waals surface area (Å²) in [6.45, 7) is 2.85. The van der Waals surface area contributed by atoms with Crippen LogP contribution in [0.25, 0.3) is 22.4 Å². The van der Waals surface area contributed by atoms with Gasteiger partial charge in [0.2, 0.25) is 11.0 Å². The number of para-hydroxylation sites is 3. The van der Waals surface area contributed by atoms with E-state index in [0.29, 0.717) is 0 Å². The van der Waals surface area contributed by atoms with Crippen molar-refractivity contribution < 1.29 is 34.7 Å². The third-order valence-corrected chi connectivity index (χ3v) is 3.82. The number of aliphatic hydroxyl groups excluding tert-OH is 1. The first-order valence-corrected chi connectivity index (χ1v) is 8.86. The zero-order chi connectivity index (χ0) is 19.9. The standard InChI is InChI=1S/C18H13N3.C5H8O2.Ir/c1-3-9-15(10-4-1)20-18-14-8-7-13-17(18)19-21(20)16-11-5-2-6-12-16;1-4(6)3-5(2)7;/h1-11,13-14H;3,6H,1-2H3;/b;4-3-;. The van der Waals surface area contributed by atoms with Crippen molar-refractivity contribution in [3.05, 3.63) is 96.8 Å². The first-order valence-electron chi connectivity index (χ1n) is 8.86. The second-order valence-corrected chi connectivity index (χ2v) is 6.17. The van der Waals surface area contributed by atoms with Crippen LogP contribution in [0.5, 0.6) is 0 Å². The van der Waals surface area contributed by atoms with Crippen molar-refractivity contribution in [3.8, 4) is 11.4 Å². The number of hydrogen-bond acceptors (Lipinski definition) is 3. The molecule has 1 radical (unpaired) electrons. The third kappa shape index (κ3) is 5.70. The average Bonchev–Trinajstić information content (AvgIpc) is 3.08. The Labute approximate surface area is 183 Å². The number of aromatic nitrogens is 3. The van der Waals surface area contributed by atoms with Crippen molar-refractivity contribution in [2.24, 2.45) is 0 Å². The van der Waals surface area contributed by atoms with E-state index < -0.39 is 0 Å². The van der Waals surface area contributed by atoms with Gasteiger partial charge in [0.15, 0.2) is 11.5 Å². The zero-order valence-corrected chi connectivity index (χ0v) is 18.5. The molecule has 1 N–H and O–H groups in total. The summed E-state index contributed by atoms with van der Waals surface area (Å²) in [7, 11) is 0. The van der Waals surface area contributed by atoms with Crippen LogP contribution in [0.1, 0.15) is 13.8 Å². The van der Waals surface area contributed by atoms with Crippen LogP contribution in [0.15, 0.2) is 90.7 Å². The molecule has 1 aromatic heterocycles. The summed E-state index contributed by atoms with van der Waals surface area (Å²) in [5.41, 5.74) is 4.01. The third-order valence-electron chi connectivity index (χ3n) is 3.82. The number of aliphatic hydroxyl groups is 1. The van der Waals surface area contributed by atoms with Crippen molar-refractivity contribution in [1.29, 1.82) is 0 Å². The van der Waals surface area contributed by atoms with E-state index in [-0.39, 0.29) is 31.6 Å². The van der Waals surface area contributed by atoms with E-state index in [9.17, 15) is 4.79 Å². The number of hydrogen-bond donors (Lipinski definition) is 1. The molecule has 0 unspecified atom stereocenters. The number of fused-ring (bicyclic) bond motifs is 1. The minimum Gasteiger partial charge on any atom is -0.512 e. The molecule has 0 fully saturated rings. The maximum absolute atomic E-state index is 10.0. The Hall–Kier alpha value is -3.08. The van der Waals surface area contributed by atoms with Gasteiger partial charge in [0.1, 0.15) is 0 Å². The quantitative estimate of drug-likeness (QED) is 0.177. The molecule has 0 aliphatic carbocycles. The molecule has 0 saturated heterocycles. The molecule has 4 rings (SSSR count). The summed E-state index contributed by atoms with van der Waals surface area (Å²) >= 11 is 0. The van der Waals surface area contributed by atoms with Gasteiger partial charge in [-0.1, -0.05) is 30.3 Å². The van der Waals surface area contributed by atoms with Crippen molar-refractivity contribution in [2.75, 3.05) is 0 Å². The Morgan fingerprint density at radius 1 is 1.00 bits per heavy atom. The van der Waals surface area contributed by atoms with Crippen molar-refractivity contribution in [3.63, 3.8) is 0 Å². The minimum atomic E-state index is -0.125. The second kappa shape index (κ2) is 10.5. The first-order chi connectivity index (χ1) is 13.6. The normalized spacial score (nSPS) is 10.6. The Bertz CT molecular complexity index is 1100. The van der Waals surface area contributed by atoms with Gasteiger partial charge in [-0.3, -0.25) is 4.79 Å². The molecule has 5 nitrogen and oxygen atoms in total. The zero-order valence-electron chi connectivity index (χ0n) is 16.1. The second-order valence-electron chi connectivity index (χ2n) is 6.17. The molecule has 29 heavy (non-hydrogen) atoms. The van der Waals surface area contributed by atoms with Gasteiger partial charge >= 0.3 is 0 Å². The van der Waals surface area contributed by atoms with Gasteiger partial charge in [0, 0.05) is 31.9 Å². The fourth-order valence-electron chi connectivity index (χ4n) is 2.76. The van der Waals surface area contributed by atoms with Crippen molar-refractivity contribution in [2.45, 2.75) is 13.8 Å². The summed E-state index contributed by atoms with van der Waals surface area (Å²) in [4.78, 5) is 11.9. The van der Waals surface area contributed by atoms with Crippen molar-refractivity contribution >= 4 is 16.8 Å². The Morgan fingerprint density at radius 2 is 1.66 bits per heavy atom. The van der Waals surface area contributed by atoms with Crippen LogP contribution >= 0.6 is 0 Å². The molecule has 3 aromatic carbocycles. The molecule has 0 bridgehead atoms. The smallest absolute Gasteiger partial charge is 0.250 e. The fourth-order valence-corrected chi connectivity index (χ4v) is 2.76. The topological polar surface area (TPSA) is 59.0 Å². The maximum atomic E-state index is 10.0. The van der Waals surface area contributed by atoms with Crippen LogP contribution in [0.2, 0.25) is 0 Å². The van der Waals surface area contributed by atoms with Gasteiger partial charge in [0.05, 0.1) is 10.9 Å². The van der Waals surface area contributed by atoms with Crippen LogP contribution in [0.4, 0.5) is 0 Å². The molecule has 0 atom stereocenters. The molecule has 1 heterocycles. The molecule has 0 aliphatic heterocycles. The van der Waals surface area contributed by atoms with E-state index in [0.717, 1.165) is 22.4 Å². The van der Waals surface area contributed by atoms with Gasteiger partial charge in [-0.2, -0.15) is 24.3 Å². The monoisotopic (exact) mass is 564 g/mol. The van der Waals surface area contributed by atoms with Crippen LogP contribution in [-0.4, -0.2) is 20.8 Å². The number of ketones is 1. The van der Waals surface area contributed by atoms with E-state index in [4.69, 9.17) is 10.2 Å². The Balaban J connectivity index is 0.000000327. The van der Waals surface area contributed by atoms with Gasteiger partial charge in [-0.25, -0.2) is 0 Å². The van der Waals surface area contributed by atoms with Crippen LogP contribution in [0.3, 0.4) is 0 Å². The maximum Gasteiger partial charge on any atom is 0.250 e. The molecule has 149 valence electrons. The molecule has 0 aliphatic rings. The molecule has 0 amide bonds. The van der Waals surface area contributed by atoms with E-state index in [1.54, 1.807) is 0 Å². The largest absolute Gasteiger partial charge is 0.512 e. The number of allylic oxidation sites excluding steroid dienone is 2. The summed E-state index contributed by atoms with van der Waals surface area (Å²) in [6.07, 6.45) is 1.17. The van der Waals surface area contributed by atoms with Crippen LogP contribution < -0.4 is 4.68 Å². The number of carbonyl (C=O) groups is 1. The van der Waals surface area contributed by atoms with Gasteiger partial charge in [-0.15, -0.1) is 10.7 Å². The Kier molecular flexibility index (Phi) is 8.01. The van der Waals surface area contributed by atoms with Crippen molar-refractivity contribution in [1.82, 2.24) is 9.90 Å². The average molecular weight is 564 g/mol. The number of carbonyl (C=O) groups excluding carboxylic acids is 1. The van der Waals surface area contributed by atoms with Gasteiger partial charge < -0.3 is 5.11 Å². The Morgan fingerprint density at radius 3 is 2.24 bits per heavy atom. The summed E-state index contributed by atoms with van der Waals surface area (Å²) in [5, 5.41) is 13.1. The molecule has 6 heteroatoms. The van der Waals surface area contributed by atoms with Gasteiger partial charge in [-0.05, 0) is 42.9 Å². The molecular weight excluding hydrogens is 542 g/mol. The number of rotatable bonds is 3. The summed E-state index contributed by atoms with van der Waals surface area (Å²) in [6, 6.07) is 29.5. The van der Waals surface area contributed by atoms with E-state index >= 15 is 0 Å². The predicted octanol–water partition coefficient (Wildman–Crippen LogP) is 4.14. The summed E-state index contributed by atoms with van der Waals surface area (Å²) in [5.74, 6) is -0.0625. The number of nitrogens with zero attached hydrogens (tertiary/aromatic N) is 3. The summed E-state index contributed by atoms with van der Waals surface area (Å²) < 4.78 is 2.10. The minimum absolute atomic E-state index is 0. The SMILES string of the molecule is CC(=O)/C=C(/C)O.[Ir].[c-]1ccccc1-n1nc2ccccc2[n+]1-c1ccccc1. The molecular formula is C23H21IrN3O2. The van der Waals surface area contributed by atoms with Crippen LogP contribution in [0, 0.1) is 6.07 Å². The van der Waals surface area contributed by atoms with Gasteiger partial charge in [0.25, 0.3) is 0 Å². The fraction of sp³-hybridized carbons (Fsp3) is 0.0870. The van der Waals surface area contributed by atoms with E-state index in [2.05, 4.69) is 28.9 Å². The van der Waals surface area contributed by atoms with E-state index in [1.807, 2.05) is 65.5 Å². The number of benzene rings is 3. The molecule has 4 aromatic rings. The molecule has 0 saturated carbocycles. The molecule has 0 spiro atoms. The van der Waals surface area contributed by atoms with E-state index in [1.165, 1.54) is 19.9 Å².